The highest BCUT2D eigenvalue weighted by atomic mass is 15.3. The van der Waals surface area contributed by atoms with Crippen LogP contribution in [-0.4, -0.2) is 47.1 Å². The van der Waals surface area contributed by atoms with Gasteiger partial charge in [-0.05, 0) is 18.9 Å². The number of rotatable bonds is 2. The van der Waals surface area contributed by atoms with Crippen molar-refractivity contribution in [1.82, 2.24) is 14.9 Å². The van der Waals surface area contributed by atoms with Gasteiger partial charge in [-0.3, -0.25) is 4.90 Å². The van der Waals surface area contributed by atoms with E-state index in [1.165, 1.54) is 12.8 Å². The maximum atomic E-state index is 5.66. The van der Waals surface area contributed by atoms with Crippen LogP contribution in [0.4, 0.5) is 11.8 Å². The van der Waals surface area contributed by atoms with Crippen molar-refractivity contribution in [3.8, 4) is 0 Å². The number of hydrogen-bond acceptors (Lipinski definition) is 5. The van der Waals surface area contributed by atoms with Crippen molar-refractivity contribution in [3.05, 3.63) is 12.3 Å². The van der Waals surface area contributed by atoms with E-state index in [9.17, 15) is 0 Å². The maximum absolute atomic E-state index is 5.66. The quantitative estimate of drug-likeness (QED) is 0.777. The molecule has 1 aromatic heterocycles. The molecule has 1 aromatic rings. The summed E-state index contributed by atoms with van der Waals surface area (Å²) in [6, 6.07) is 2.59. The molecule has 0 spiro atoms. The van der Waals surface area contributed by atoms with Gasteiger partial charge in [0, 0.05) is 38.4 Å². The minimum absolute atomic E-state index is 0.551. The van der Waals surface area contributed by atoms with Crippen LogP contribution in [0.1, 0.15) is 12.8 Å². The molecule has 0 bridgehead atoms. The minimum Gasteiger partial charge on any atom is -0.384 e. The molecule has 1 saturated carbocycles. The Balaban J connectivity index is 1.64. The van der Waals surface area contributed by atoms with E-state index in [1.807, 2.05) is 0 Å². The smallest absolute Gasteiger partial charge is 0.227 e. The molecule has 86 valence electrons. The van der Waals surface area contributed by atoms with Gasteiger partial charge in [0.1, 0.15) is 5.82 Å². The zero-order valence-electron chi connectivity index (χ0n) is 9.34. The molecule has 2 aliphatic rings. The average Bonchev–Trinajstić information content (AvgIpc) is 3.13. The lowest BCUT2D eigenvalue weighted by Crippen LogP contribution is -2.47. The van der Waals surface area contributed by atoms with Crippen molar-refractivity contribution in [2.24, 2.45) is 0 Å². The fourth-order valence-electron chi connectivity index (χ4n) is 2.24. The van der Waals surface area contributed by atoms with Crippen LogP contribution in [0.15, 0.2) is 12.3 Å². The molecule has 2 heterocycles. The number of aromatic nitrogens is 2. The lowest BCUT2D eigenvalue weighted by Gasteiger charge is -2.34. The Morgan fingerprint density at radius 2 is 1.94 bits per heavy atom. The van der Waals surface area contributed by atoms with Crippen molar-refractivity contribution < 1.29 is 0 Å². The summed E-state index contributed by atoms with van der Waals surface area (Å²) < 4.78 is 0. The van der Waals surface area contributed by atoms with Crippen molar-refractivity contribution in [2.75, 3.05) is 36.8 Å². The minimum atomic E-state index is 0.551. The van der Waals surface area contributed by atoms with E-state index in [-0.39, 0.29) is 0 Å². The first-order valence-corrected chi connectivity index (χ1v) is 5.90. The summed E-state index contributed by atoms with van der Waals surface area (Å²) in [4.78, 5) is 13.3. The Labute approximate surface area is 95.3 Å². The molecule has 16 heavy (non-hydrogen) atoms. The van der Waals surface area contributed by atoms with Gasteiger partial charge in [-0.15, -0.1) is 0 Å². The molecule has 1 aliphatic carbocycles. The highest BCUT2D eigenvalue weighted by Crippen LogP contribution is 2.27. The summed E-state index contributed by atoms with van der Waals surface area (Å²) in [5.41, 5.74) is 5.66. The molecular formula is C11H17N5. The highest BCUT2D eigenvalue weighted by Gasteiger charge is 2.31. The predicted molar refractivity (Wildman–Crippen MR) is 63.3 cm³/mol. The van der Waals surface area contributed by atoms with E-state index in [2.05, 4.69) is 19.8 Å². The molecule has 1 aliphatic heterocycles. The molecule has 0 aromatic carbocycles. The van der Waals surface area contributed by atoms with Gasteiger partial charge >= 0.3 is 0 Å². The van der Waals surface area contributed by atoms with Crippen molar-refractivity contribution in [3.63, 3.8) is 0 Å². The van der Waals surface area contributed by atoms with Gasteiger partial charge in [0.05, 0.1) is 0 Å². The van der Waals surface area contributed by atoms with Gasteiger partial charge in [-0.1, -0.05) is 0 Å². The largest absolute Gasteiger partial charge is 0.384 e. The standard InChI is InChI=1S/C11H17N5/c12-10-3-4-13-11(14-10)16-7-5-15(6-8-16)9-1-2-9/h3-4,9H,1-2,5-8H2,(H2,12,13,14). The van der Waals surface area contributed by atoms with Crippen LogP contribution in [0, 0.1) is 0 Å². The van der Waals surface area contributed by atoms with Gasteiger partial charge in [0.15, 0.2) is 0 Å². The molecule has 0 atom stereocenters. The monoisotopic (exact) mass is 219 g/mol. The van der Waals surface area contributed by atoms with Gasteiger partial charge in [-0.2, -0.15) is 4.98 Å². The van der Waals surface area contributed by atoms with E-state index < -0.39 is 0 Å². The van der Waals surface area contributed by atoms with Gasteiger partial charge < -0.3 is 10.6 Å². The molecule has 5 heteroatoms. The zero-order chi connectivity index (χ0) is 11.0. The lowest BCUT2D eigenvalue weighted by molar-refractivity contribution is 0.247. The van der Waals surface area contributed by atoms with Crippen LogP contribution >= 0.6 is 0 Å². The highest BCUT2D eigenvalue weighted by molar-refractivity contribution is 5.38. The van der Waals surface area contributed by atoms with Crippen LogP contribution in [0.3, 0.4) is 0 Å². The van der Waals surface area contributed by atoms with Crippen molar-refractivity contribution in [1.29, 1.82) is 0 Å². The van der Waals surface area contributed by atoms with E-state index >= 15 is 0 Å². The first-order chi connectivity index (χ1) is 7.83. The fraction of sp³-hybridized carbons (Fsp3) is 0.636. The van der Waals surface area contributed by atoms with Crippen LogP contribution < -0.4 is 10.6 Å². The Morgan fingerprint density at radius 3 is 2.56 bits per heavy atom. The van der Waals surface area contributed by atoms with Crippen LogP contribution in [0.25, 0.3) is 0 Å². The van der Waals surface area contributed by atoms with Crippen molar-refractivity contribution >= 4 is 11.8 Å². The summed E-state index contributed by atoms with van der Waals surface area (Å²) in [5, 5.41) is 0. The van der Waals surface area contributed by atoms with Crippen LogP contribution in [0.2, 0.25) is 0 Å². The predicted octanol–water partition coefficient (Wildman–Crippen LogP) is 0.343. The summed E-state index contributed by atoms with van der Waals surface area (Å²) in [7, 11) is 0. The Bertz CT molecular complexity index is 368. The number of anilines is 2. The van der Waals surface area contributed by atoms with Gasteiger partial charge in [0.2, 0.25) is 5.95 Å². The summed E-state index contributed by atoms with van der Waals surface area (Å²) in [6.45, 7) is 4.28. The van der Waals surface area contributed by atoms with E-state index in [0.717, 1.165) is 38.2 Å². The van der Waals surface area contributed by atoms with E-state index in [4.69, 9.17) is 5.73 Å². The summed E-state index contributed by atoms with van der Waals surface area (Å²) in [5.74, 6) is 1.32. The Kier molecular flexibility index (Phi) is 2.40. The lowest BCUT2D eigenvalue weighted by atomic mass is 10.3. The van der Waals surface area contributed by atoms with Gasteiger partial charge in [-0.25, -0.2) is 4.98 Å². The number of nitrogens with two attached hydrogens (primary N) is 1. The number of nitrogens with zero attached hydrogens (tertiary/aromatic N) is 4. The van der Waals surface area contributed by atoms with Gasteiger partial charge in [0.25, 0.3) is 0 Å². The molecule has 5 nitrogen and oxygen atoms in total. The van der Waals surface area contributed by atoms with Crippen molar-refractivity contribution in [2.45, 2.75) is 18.9 Å². The third kappa shape index (κ3) is 1.95. The fourth-order valence-corrected chi connectivity index (χ4v) is 2.24. The number of piperazine rings is 1. The molecule has 0 amide bonds. The SMILES string of the molecule is Nc1ccnc(N2CCN(C3CC3)CC2)n1. The first kappa shape index (κ1) is 9.84. The maximum Gasteiger partial charge on any atom is 0.227 e. The van der Waals surface area contributed by atoms with E-state index in [1.54, 1.807) is 12.3 Å². The Morgan fingerprint density at radius 1 is 1.19 bits per heavy atom. The third-order valence-corrected chi connectivity index (χ3v) is 3.32. The average molecular weight is 219 g/mol. The number of hydrogen-bond donors (Lipinski definition) is 1. The molecule has 2 N–H and O–H groups in total. The third-order valence-electron chi connectivity index (χ3n) is 3.32. The summed E-state index contributed by atoms with van der Waals surface area (Å²) >= 11 is 0. The second kappa shape index (κ2) is 3.90. The van der Waals surface area contributed by atoms with E-state index in [0.29, 0.717) is 5.82 Å². The second-order valence-electron chi connectivity index (χ2n) is 4.54. The molecule has 0 radical (unpaired) electrons. The second-order valence-corrected chi connectivity index (χ2v) is 4.54. The molecular weight excluding hydrogens is 202 g/mol. The number of nitrogen functional groups attached to an aromatic ring is 1. The molecule has 1 saturated heterocycles. The molecule has 3 rings (SSSR count). The normalized spacial score (nSPS) is 22.4. The topological polar surface area (TPSA) is 58.3 Å². The summed E-state index contributed by atoms with van der Waals surface area (Å²) in [6.07, 6.45) is 4.49. The molecule has 0 unspecified atom stereocenters. The molecule has 2 fully saturated rings. The van der Waals surface area contributed by atoms with Crippen LogP contribution in [-0.2, 0) is 0 Å². The Hall–Kier alpha value is -1.36. The first-order valence-electron chi connectivity index (χ1n) is 5.90. The van der Waals surface area contributed by atoms with Crippen LogP contribution in [0.5, 0.6) is 0 Å². The zero-order valence-corrected chi connectivity index (χ0v) is 9.34.